The highest BCUT2D eigenvalue weighted by Crippen LogP contribution is 2.59. The van der Waals surface area contributed by atoms with Gasteiger partial charge >= 0.3 is 0 Å². The molecule has 0 spiro atoms. The molecule has 0 bridgehead atoms. The number of aromatic nitrogens is 2. The van der Waals surface area contributed by atoms with E-state index in [0.717, 1.165) is 16.7 Å². The number of allylic oxidation sites excluding steroid dienone is 1. The maximum Gasteiger partial charge on any atom is 0.265 e. The molecule has 2 aromatic carbocycles. The number of fused-ring (bicyclic) bond motifs is 4. The summed E-state index contributed by atoms with van der Waals surface area (Å²) in [7, 11) is 0.988. The number of hydrogen-bond acceptors (Lipinski definition) is 10. The first-order valence-corrected chi connectivity index (χ1v) is 20.3. The van der Waals surface area contributed by atoms with Crippen molar-refractivity contribution in [3.05, 3.63) is 118 Å². The van der Waals surface area contributed by atoms with Crippen LogP contribution in [-0.4, -0.2) is 59.7 Å². The summed E-state index contributed by atoms with van der Waals surface area (Å²) in [4.78, 5) is 36.5. The van der Waals surface area contributed by atoms with E-state index in [1.165, 1.54) is 0 Å². The lowest BCUT2D eigenvalue weighted by Gasteiger charge is -2.55. The van der Waals surface area contributed by atoms with Crippen molar-refractivity contribution in [1.82, 2.24) is 15.0 Å². The Morgan fingerprint density at radius 1 is 0.941 bits per heavy atom. The summed E-state index contributed by atoms with van der Waals surface area (Å²) in [5.41, 5.74) is 1.35. The van der Waals surface area contributed by atoms with E-state index in [-0.39, 0.29) is 46.8 Å². The number of aliphatic hydroxyl groups excluding tert-OH is 1. The standard InChI is InChI=1S/C40H45N3O7Si/c1-39(2,3)51(6,7)50-40-28(33(43(4)5)35-32(37(40)46)38(42-49-35)48-23-25-16-12-9-13-17-25)19-26-18-27-20-41-21-29(30(27)34(44)31(26)36(40)45)47-22-24-14-10-8-11-15-24/h8-17,20-21,26,28,33,45H,18-19,22-23H2,1-7H3/t26-,28-,33-,40-/m0/s1. The van der Waals surface area contributed by atoms with Crippen molar-refractivity contribution in [2.45, 2.75) is 76.6 Å². The van der Waals surface area contributed by atoms with Crippen LogP contribution in [0.15, 0.2) is 88.9 Å². The molecule has 0 saturated carbocycles. The minimum atomic E-state index is -2.83. The molecule has 3 aliphatic rings. The van der Waals surface area contributed by atoms with E-state index in [0.29, 0.717) is 29.9 Å². The van der Waals surface area contributed by atoms with Gasteiger partial charge in [-0.05, 0) is 72.8 Å². The minimum absolute atomic E-state index is 0.0327. The molecule has 2 heterocycles. The largest absolute Gasteiger partial charge is 0.508 e. The Labute approximate surface area is 299 Å². The van der Waals surface area contributed by atoms with Gasteiger partial charge in [0.25, 0.3) is 5.88 Å². The molecule has 11 heteroatoms. The number of rotatable bonds is 9. The maximum absolute atomic E-state index is 15.4. The van der Waals surface area contributed by atoms with E-state index in [4.69, 9.17) is 18.4 Å². The van der Waals surface area contributed by atoms with Gasteiger partial charge in [0.2, 0.25) is 5.78 Å². The van der Waals surface area contributed by atoms with Crippen molar-refractivity contribution >= 4 is 19.9 Å². The highest BCUT2D eigenvalue weighted by molar-refractivity contribution is 6.74. The van der Waals surface area contributed by atoms with E-state index in [2.05, 4.69) is 44.0 Å². The normalized spacial score (nSPS) is 23.0. The number of ketones is 2. The second-order valence-electron chi connectivity index (χ2n) is 15.6. The molecule has 0 saturated heterocycles. The van der Waals surface area contributed by atoms with Gasteiger partial charge in [-0.15, -0.1) is 0 Å². The number of pyridine rings is 1. The minimum Gasteiger partial charge on any atom is -0.508 e. The summed E-state index contributed by atoms with van der Waals surface area (Å²) in [6.45, 7) is 10.8. The quantitative estimate of drug-likeness (QED) is 0.173. The van der Waals surface area contributed by atoms with Crippen LogP contribution in [0.2, 0.25) is 18.1 Å². The fourth-order valence-electron chi connectivity index (χ4n) is 7.62. The van der Waals surface area contributed by atoms with E-state index in [9.17, 15) is 9.90 Å². The molecule has 0 fully saturated rings. The smallest absolute Gasteiger partial charge is 0.265 e. The van der Waals surface area contributed by atoms with Crippen molar-refractivity contribution in [2.24, 2.45) is 11.8 Å². The highest BCUT2D eigenvalue weighted by Gasteiger charge is 2.67. The van der Waals surface area contributed by atoms with Gasteiger partial charge in [-0.1, -0.05) is 81.4 Å². The molecular weight excluding hydrogens is 663 g/mol. The van der Waals surface area contributed by atoms with Crippen molar-refractivity contribution < 1.29 is 33.1 Å². The molecule has 4 aromatic rings. The van der Waals surface area contributed by atoms with Gasteiger partial charge in [0.1, 0.15) is 30.3 Å². The van der Waals surface area contributed by atoms with Crippen LogP contribution in [0.1, 0.15) is 76.4 Å². The van der Waals surface area contributed by atoms with Crippen molar-refractivity contribution in [2.75, 3.05) is 14.1 Å². The first kappa shape index (κ1) is 34.8. The molecule has 0 amide bonds. The lowest BCUT2D eigenvalue weighted by molar-refractivity contribution is -0.0480. The van der Waals surface area contributed by atoms with Crippen LogP contribution in [-0.2, 0) is 24.1 Å². The topological polar surface area (TPSA) is 124 Å². The molecule has 3 aliphatic carbocycles. The number of carbonyl (C=O) groups is 2. The predicted molar refractivity (Wildman–Crippen MR) is 193 cm³/mol. The number of Topliss-reactive ketones (excluding diaryl/α,β-unsaturated/α-hetero) is 2. The van der Waals surface area contributed by atoms with E-state index >= 15 is 4.79 Å². The highest BCUT2D eigenvalue weighted by atomic mass is 28.4. The SMILES string of the molecule is CN(C)[C@@H]1c2onc(OCc3ccccc3)c2C(=O)[C@@]2(O[Si](C)(C)C(C)(C)C)C(O)=C3C(=O)c4c(cncc4OCc4ccccc4)C[C@H]3C[C@@H]12. The average Bonchev–Trinajstić information content (AvgIpc) is 3.51. The van der Waals surface area contributed by atoms with Crippen molar-refractivity contribution in [3.8, 4) is 11.6 Å². The van der Waals surface area contributed by atoms with E-state index in [1.54, 1.807) is 12.4 Å². The fraction of sp³-hybridized carbons (Fsp3) is 0.400. The lowest BCUT2D eigenvalue weighted by atomic mass is 9.58. The Balaban J connectivity index is 1.38. The summed E-state index contributed by atoms with van der Waals surface area (Å²) in [6.07, 6.45) is 4.05. The summed E-state index contributed by atoms with van der Waals surface area (Å²) >= 11 is 0. The lowest BCUT2D eigenvalue weighted by Crippen LogP contribution is -2.65. The van der Waals surface area contributed by atoms with Crippen LogP contribution in [0, 0.1) is 11.8 Å². The van der Waals surface area contributed by atoms with Crippen molar-refractivity contribution in [1.29, 1.82) is 0 Å². The van der Waals surface area contributed by atoms with Crippen LogP contribution in [0.3, 0.4) is 0 Å². The van der Waals surface area contributed by atoms with E-state index in [1.807, 2.05) is 79.7 Å². The van der Waals surface area contributed by atoms with Crippen LogP contribution in [0.5, 0.6) is 11.6 Å². The molecule has 2 aromatic heterocycles. The Morgan fingerprint density at radius 2 is 1.57 bits per heavy atom. The van der Waals surface area contributed by atoms with Crippen LogP contribution in [0.4, 0.5) is 0 Å². The van der Waals surface area contributed by atoms with Gasteiger partial charge in [-0.25, -0.2) is 0 Å². The Bertz CT molecular complexity index is 2000. The first-order chi connectivity index (χ1) is 24.2. The van der Waals surface area contributed by atoms with Crippen LogP contribution < -0.4 is 9.47 Å². The van der Waals surface area contributed by atoms with Crippen molar-refractivity contribution in [3.63, 3.8) is 0 Å². The molecule has 7 rings (SSSR count). The van der Waals surface area contributed by atoms with Gasteiger partial charge in [0.15, 0.2) is 25.5 Å². The number of benzene rings is 2. The van der Waals surface area contributed by atoms with Gasteiger partial charge in [-0.3, -0.25) is 19.5 Å². The molecule has 0 unspecified atom stereocenters. The molecule has 10 nitrogen and oxygen atoms in total. The Kier molecular flexibility index (Phi) is 8.80. The monoisotopic (exact) mass is 707 g/mol. The number of hydrogen-bond donors (Lipinski definition) is 1. The summed E-state index contributed by atoms with van der Waals surface area (Å²) in [5, 5.41) is 16.7. The number of nitrogens with zero attached hydrogens (tertiary/aromatic N) is 3. The molecule has 0 aliphatic heterocycles. The Morgan fingerprint density at radius 3 is 2.18 bits per heavy atom. The van der Waals surface area contributed by atoms with Gasteiger partial charge in [-0.2, -0.15) is 0 Å². The third-order valence-corrected chi connectivity index (χ3v) is 15.6. The summed E-state index contributed by atoms with van der Waals surface area (Å²) < 4.78 is 25.6. The predicted octanol–water partition coefficient (Wildman–Crippen LogP) is 7.67. The molecule has 51 heavy (non-hydrogen) atoms. The van der Waals surface area contributed by atoms with Gasteiger partial charge in [0, 0.05) is 17.7 Å². The van der Waals surface area contributed by atoms with Crippen LogP contribution >= 0.6 is 0 Å². The summed E-state index contributed by atoms with van der Waals surface area (Å²) in [5.74, 6) is -1.50. The Hall–Kier alpha value is -4.58. The zero-order valence-corrected chi connectivity index (χ0v) is 31.2. The van der Waals surface area contributed by atoms with E-state index < -0.39 is 37.6 Å². The first-order valence-electron chi connectivity index (χ1n) is 17.4. The molecular formula is C40H45N3O7Si. The average molecular weight is 708 g/mol. The zero-order valence-electron chi connectivity index (χ0n) is 30.2. The third kappa shape index (κ3) is 5.81. The van der Waals surface area contributed by atoms with Crippen LogP contribution in [0.25, 0.3) is 0 Å². The summed E-state index contributed by atoms with van der Waals surface area (Å²) in [6, 6.07) is 18.7. The second-order valence-corrected chi connectivity index (χ2v) is 20.3. The molecule has 0 radical (unpaired) electrons. The molecule has 1 N–H and O–H groups in total. The number of ether oxygens (including phenoxy) is 2. The maximum atomic E-state index is 15.4. The van der Waals surface area contributed by atoms with Gasteiger partial charge < -0.3 is 23.5 Å². The molecule has 4 atom stereocenters. The fourth-order valence-corrected chi connectivity index (χ4v) is 9.07. The number of aliphatic hydroxyl groups is 1. The van der Waals surface area contributed by atoms with Gasteiger partial charge in [0.05, 0.1) is 17.8 Å². The third-order valence-electron chi connectivity index (χ3n) is 11.1. The number of carbonyl (C=O) groups excluding carboxylic acids is 2. The second kappa shape index (κ2) is 12.9. The zero-order chi connectivity index (χ0) is 36.3. The molecule has 266 valence electrons.